The highest BCUT2D eigenvalue weighted by molar-refractivity contribution is 5.66. The van der Waals surface area contributed by atoms with Crippen molar-refractivity contribution in [1.29, 1.82) is 0 Å². The minimum absolute atomic E-state index is 0.315. The second-order valence-corrected chi connectivity index (χ2v) is 11.9. The molecule has 0 aliphatic heterocycles. The SMILES string of the molecule is CCCCCCCCCCCCCCN(CCCCCCCCCCCCCC)C(C)CCCC(=O)O. The lowest BCUT2D eigenvalue weighted by atomic mass is 10.0. The minimum atomic E-state index is -0.652. The number of unbranched alkanes of at least 4 members (excludes halogenated alkanes) is 22. The summed E-state index contributed by atoms with van der Waals surface area (Å²) in [5.74, 6) is -0.652. The predicted octanol–water partition coefficient (Wildman–Crippen LogP) is 11.3. The van der Waals surface area contributed by atoms with Crippen molar-refractivity contribution in [3.8, 4) is 0 Å². The standard InChI is InChI=1S/C34H69NO2/c1-4-6-8-10-12-14-16-18-20-22-24-26-31-35(33(3)29-28-30-34(36)37)32-27-25-23-21-19-17-15-13-11-9-7-5-2/h33H,4-32H2,1-3H3,(H,36,37). The topological polar surface area (TPSA) is 40.5 Å². The van der Waals surface area contributed by atoms with E-state index >= 15 is 0 Å². The van der Waals surface area contributed by atoms with Crippen molar-refractivity contribution in [3.05, 3.63) is 0 Å². The molecule has 0 heterocycles. The molecule has 0 saturated heterocycles. The van der Waals surface area contributed by atoms with Crippen LogP contribution in [0.4, 0.5) is 0 Å². The summed E-state index contributed by atoms with van der Waals surface area (Å²) in [7, 11) is 0. The zero-order chi connectivity index (χ0) is 27.2. The Hall–Kier alpha value is -0.570. The van der Waals surface area contributed by atoms with Crippen molar-refractivity contribution in [2.45, 2.75) is 200 Å². The number of rotatable bonds is 31. The number of hydrogen-bond donors (Lipinski definition) is 1. The second-order valence-electron chi connectivity index (χ2n) is 11.9. The lowest BCUT2D eigenvalue weighted by Crippen LogP contribution is -2.35. The van der Waals surface area contributed by atoms with Crippen LogP contribution < -0.4 is 0 Å². The molecule has 0 aromatic carbocycles. The Morgan fingerprint density at radius 3 is 1.11 bits per heavy atom. The summed E-state index contributed by atoms with van der Waals surface area (Å²) in [4.78, 5) is 13.6. The number of carbonyl (C=O) groups is 1. The number of aliphatic carboxylic acids is 1. The Morgan fingerprint density at radius 2 is 0.811 bits per heavy atom. The molecule has 0 bridgehead atoms. The van der Waals surface area contributed by atoms with Crippen LogP contribution in [0.3, 0.4) is 0 Å². The van der Waals surface area contributed by atoms with Crippen LogP contribution in [-0.4, -0.2) is 35.1 Å². The minimum Gasteiger partial charge on any atom is -0.481 e. The van der Waals surface area contributed by atoms with E-state index in [1.165, 1.54) is 167 Å². The smallest absolute Gasteiger partial charge is 0.303 e. The number of hydrogen-bond acceptors (Lipinski definition) is 2. The molecule has 1 N–H and O–H groups in total. The van der Waals surface area contributed by atoms with Crippen molar-refractivity contribution < 1.29 is 9.90 Å². The van der Waals surface area contributed by atoms with Crippen molar-refractivity contribution >= 4 is 5.97 Å². The van der Waals surface area contributed by atoms with Crippen LogP contribution in [0.1, 0.15) is 194 Å². The molecular weight excluding hydrogens is 454 g/mol. The molecule has 1 atom stereocenters. The van der Waals surface area contributed by atoms with E-state index in [-0.39, 0.29) is 0 Å². The summed E-state index contributed by atoms with van der Waals surface area (Å²) in [6, 6.07) is 0.514. The molecule has 0 spiro atoms. The molecule has 0 aromatic heterocycles. The molecule has 0 rings (SSSR count). The van der Waals surface area contributed by atoms with Gasteiger partial charge in [-0.05, 0) is 45.7 Å². The molecule has 0 aliphatic carbocycles. The van der Waals surface area contributed by atoms with Crippen molar-refractivity contribution in [3.63, 3.8) is 0 Å². The first-order valence-electron chi connectivity index (χ1n) is 17.1. The highest BCUT2D eigenvalue weighted by Crippen LogP contribution is 2.16. The molecule has 222 valence electrons. The van der Waals surface area contributed by atoms with Crippen molar-refractivity contribution in [2.75, 3.05) is 13.1 Å². The van der Waals surface area contributed by atoms with Gasteiger partial charge in [0, 0.05) is 12.5 Å². The van der Waals surface area contributed by atoms with Gasteiger partial charge >= 0.3 is 5.97 Å². The zero-order valence-corrected chi connectivity index (χ0v) is 25.9. The Labute approximate surface area is 233 Å². The summed E-state index contributed by atoms with van der Waals surface area (Å²) in [5, 5.41) is 9.00. The van der Waals surface area contributed by atoms with Crippen LogP contribution in [0, 0.1) is 0 Å². The third-order valence-corrected chi connectivity index (χ3v) is 8.23. The van der Waals surface area contributed by atoms with E-state index in [0.29, 0.717) is 12.5 Å². The van der Waals surface area contributed by atoms with Gasteiger partial charge in [0.25, 0.3) is 0 Å². The Bertz CT molecular complexity index is 425. The third-order valence-electron chi connectivity index (χ3n) is 8.23. The fourth-order valence-electron chi connectivity index (χ4n) is 5.60. The van der Waals surface area contributed by atoms with Gasteiger partial charge in [-0.15, -0.1) is 0 Å². The van der Waals surface area contributed by atoms with E-state index in [1.54, 1.807) is 0 Å². The van der Waals surface area contributed by atoms with Gasteiger partial charge in [-0.25, -0.2) is 0 Å². The van der Waals surface area contributed by atoms with Crippen molar-refractivity contribution in [1.82, 2.24) is 4.90 Å². The van der Waals surface area contributed by atoms with Gasteiger partial charge in [0.15, 0.2) is 0 Å². The second kappa shape index (κ2) is 30.0. The molecule has 37 heavy (non-hydrogen) atoms. The van der Waals surface area contributed by atoms with E-state index in [1.807, 2.05) is 0 Å². The van der Waals surface area contributed by atoms with Gasteiger partial charge in [-0.1, -0.05) is 155 Å². The molecule has 1 unspecified atom stereocenters. The number of nitrogens with zero attached hydrogens (tertiary/aromatic N) is 1. The van der Waals surface area contributed by atoms with Crippen LogP contribution >= 0.6 is 0 Å². The molecule has 0 aliphatic rings. The molecule has 3 nitrogen and oxygen atoms in total. The van der Waals surface area contributed by atoms with E-state index in [2.05, 4.69) is 25.7 Å². The van der Waals surface area contributed by atoms with E-state index in [9.17, 15) is 4.79 Å². The Morgan fingerprint density at radius 1 is 0.514 bits per heavy atom. The molecule has 3 heteroatoms. The van der Waals surface area contributed by atoms with Crippen molar-refractivity contribution in [2.24, 2.45) is 0 Å². The average Bonchev–Trinajstić information content (AvgIpc) is 2.88. The van der Waals surface area contributed by atoms with E-state index in [0.717, 1.165) is 12.8 Å². The van der Waals surface area contributed by atoms with Crippen LogP contribution in [0.2, 0.25) is 0 Å². The monoisotopic (exact) mass is 524 g/mol. The fourth-order valence-corrected chi connectivity index (χ4v) is 5.60. The summed E-state index contributed by atoms with van der Waals surface area (Å²) in [6.07, 6.45) is 35.7. The largest absolute Gasteiger partial charge is 0.481 e. The lowest BCUT2D eigenvalue weighted by molar-refractivity contribution is -0.137. The molecular formula is C34H69NO2. The van der Waals surface area contributed by atoms with Gasteiger partial charge in [0.1, 0.15) is 0 Å². The summed E-state index contributed by atoms with van der Waals surface area (Å²) in [5.41, 5.74) is 0. The maximum absolute atomic E-state index is 10.9. The third kappa shape index (κ3) is 28.3. The van der Waals surface area contributed by atoms with E-state index < -0.39 is 5.97 Å². The van der Waals surface area contributed by atoms with Gasteiger partial charge < -0.3 is 10.0 Å². The Balaban J connectivity index is 3.90. The summed E-state index contributed by atoms with van der Waals surface area (Å²) < 4.78 is 0. The zero-order valence-electron chi connectivity index (χ0n) is 25.9. The molecule has 0 fully saturated rings. The molecule has 0 radical (unpaired) electrons. The van der Waals surface area contributed by atoms with Gasteiger partial charge in [-0.3, -0.25) is 4.79 Å². The predicted molar refractivity (Wildman–Crippen MR) is 165 cm³/mol. The number of carboxylic acids is 1. The van der Waals surface area contributed by atoms with Gasteiger partial charge in [-0.2, -0.15) is 0 Å². The van der Waals surface area contributed by atoms with Crippen LogP contribution in [0.5, 0.6) is 0 Å². The highest BCUT2D eigenvalue weighted by Gasteiger charge is 2.13. The highest BCUT2D eigenvalue weighted by atomic mass is 16.4. The maximum atomic E-state index is 10.9. The molecule has 0 amide bonds. The van der Waals surface area contributed by atoms with Gasteiger partial charge in [0.05, 0.1) is 0 Å². The fraction of sp³-hybridized carbons (Fsp3) is 0.971. The summed E-state index contributed by atoms with van der Waals surface area (Å²) >= 11 is 0. The Kier molecular flexibility index (Phi) is 29.5. The van der Waals surface area contributed by atoms with E-state index in [4.69, 9.17) is 5.11 Å². The first-order chi connectivity index (χ1) is 18.1. The average molecular weight is 524 g/mol. The first-order valence-corrected chi connectivity index (χ1v) is 17.1. The van der Waals surface area contributed by atoms with Crippen LogP contribution in [0.15, 0.2) is 0 Å². The number of carboxylic acid groups (broad SMARTS) is 1. The molecule has 0 saturated carbocycles. The normalized spacial score (nSPS) is 12.4. The first kappa shape index (κ1) is 36.4. The maximum Gasteiger partial charge on any atom is 0.303 e. The summed E-state index contributed by atoms with van der Waals surface area (Å²) in [6.45, 7) is 9.30. The van der Waals surface area contributed by atoms with Crippen LogP contribution in [0.25, 0.3) is 0 Å². The quantitative estimate of drug-likeness (QED) is 0.0918. The van der Waals surface area contributed by atoms with Crippen LogP contribution in [-0.2, 0) is 4.79 Å². The lowest BCUT2D eigenvalue weighted by Gasteiger charge is -2.29. The molecule has 0 aromatic rings. The van der Waals surface area contributed by atoms with Gasteiger partial charge in [0.2, 0.25) is 0 Å².